The highest BCUT2D eigenvalue weighted by Crippen LogP contribution is 2.25. The zero-order valence-corrected chi connectivity index (χ0v) is 8.81. The second kappa shape index (κ2) is 5.26. The summed E-state index contributed by atoms with van der Waals surface area (Å²) in [5.74, 6) is 0. The second-order valence-electron chi connectivity index (χ2n) is 3.24. The number of benzene rings is 1. The van der Waals surface area contributed by atoms with E-state index in [2.05, 4.69) is 0 Å². The van der Waals surface area contributed by atoms with E-state index in [0.29, 0.717) is 19.8 Å². The van der Waals surface area contributed by atoms with Crippen LogP contribution in [0.15, 0.2) is 30.3 Å². The molecule has 3 heteroatoms. The molecule has 0 spiro atoms. The molecule has 0 aliphatic carbocycles. The monoisotopic (exact) mass is 207 g/mol. The van der Waals surface area contributed by atoms with Crippen molar-refractivity contribution in [1.82, 2.24) is 0 Å². The maximum atomic E-state index is 5.60. The Balaban J connectivity index is 2.11. The fraction of sp³-hybridized carbons (Fsp3) is 0.417. The Kier molecular flexibility index (Phi) is 3.72. The van der Waals surface area contributed by atoms with Gasteiger partial charge in [0.25, 0.3) is 0 Å². The van der Waals surface area contributed by atoms with Crippen molar-refractivity contribution >= 4 is 0 Å². The Morgan fingerprint density at radius 3 is 2.80 bits per heavy atom. The van der Waals surface area contributed by atoms with Gasteiger partial charge in [0.05, 0.1) is 13.2 Å². The van der Waals surface area contributed by atoms with E-state index < -0.39 is 0 Å². The molecular formula is C12H15O3. The van der Waals surface area contributed by atoms with Crippen LogP contribution >= 0.6 is 0 Å². The van der Waals surface area contributed by atoms with Crippen LogP contribution in [0.2, 0.25) is 0 Å². The molecule has 1 heterocycles. The minimum Gasteiger partial charge on any atom is -0.359 e. The van der Waals surface area contributed by atoms with Crippen LogP contribution in [-0.2, 0) is 14.2 Å². The van der Waals surface area contributed by atoms with E-state index >= 15 is 0 Å². The summed E-state index contributed by atoms with van der Waals surface area (Å²) >= 11 is 0. The number of hydrogen-bond acceptors (Lipinski definition) is 3. The van der Waals surface area contributed by atoms with E-state index in [9.17, 15) is 0 Å². The minimum absolute atomic E-state index is 0.355. The van der Waals surface area contributed by atoms with Gasteiger partial charge in [-0.05, 0) is 12.5 Å². The lowest BCUT2D eigenvalue weighted by molar-refractivity contribution is -0.197. The molecule has 1 aromatic carbocycles. The van der Waals surface area contributed by atoms with Gasteiger partial charge in [-0.3, -0.25) is 0 Å². The number of rotatable bonds is 3. The van der Waals surface area contributed by atoms with Crippen molar-refractivity contribution in [3.05, 3.63) is 42.0 Å². The average Bonchev–Trinajstić information content (AvgIpc) is 2.31. The van der Waals surface area contributed by atoms with Gasteiger partial charge in [0.1, 0.15) is 0 Å². The van der Waals surface area contributed by atoms with Gasteiger partial charge < -0.3 is 14.2 Å². The van der Waals surface area contributed by atoms with E-state index in [4.69, 9.17) is 14.2 Å². The molecule has 1 unspecified atom stereocenters. The fourth-order valence-electron chi connectivity index (χ4n) is 1.55. The molecule has 0 saturated carbocycles. The Hall–Kier alpha value is -0.900. The van der Waals surface area contributed by atoms with Crippen LogP contribution in [0, 0.1) is 6.10 Å². The molecule has 1 radical (unpaired) electrons. The van der Waals surface area contributed by atoms with E-state index in [1.165, 1.54) is 0 Å². The van der Waals surface area contributed by atoms with Crippen molar-refractivity contribution in [3.8, 4) is 0 Å². The molecule has 1 saturated heterocycles. The summed E-state index contributed by atoms with van der Waals surface area (Å²) in [6, 6.07) is 9.92. The van der Waals surface area contributed by atoms with Crippen molar-refractivity contribution in [2.24, 2.45) is 0 Å². The summed E-state index contributed by atoms with van der Waals surface area (Å²) < 4.78 is 16.6. The van der Waals surface area contributed by atoms with E-state index in [1.54, 1.807) is 0 Å². The highest BCUT2D eigenvalue weighted by molar-refractivity contribution is 5.28. The predicted octanol–water partition coefficient (Wildman–Crippen LogP) is 1.98. The quantitative estimate of drug-likeness (QED) is 0.758. The van der Waals surface area contributed by atoms with Gasteiger partial charge in [-0.2, -0.15) is 0 Å². The van der Waals surface area contributed by atoms with Gasteiger partial charge in [0.15, 0.2) is 12.4 Å². The molecule has 81 valence electrons. The average molecular weight is 207 g/mol. The van der Waals surface area contributed by atoms with E-state index in [1.807, 2.05) is 37.3 Å². The molecule has 1 atom stereocenters. The Morgan fingerprint density at radius 1 is 1.27 bits per heavy atom. The van der Waals surface area contributed by atoms with E-state index in [0.717, 1.165) is 11.7 Å². The van der Waals surface area contributed by atoms with Gasteiger partial charge in [-0.1, -0.05) is 30.3 Å². The lowest BCUT2D eigenvalue weighted by Gasteiger charge is -2.30. The summed E-state index contributed by atoms with van der Waals surface area (Å²) in [6.07, 6.45) is 0.426. The van der Waals surface area contributed by atoms with Gasteiger partial charge in [-0.25, -0.2) is 0 Å². The van der Waals surface area contributed by atoms with Crippen LogP contribution in [0.25, 0.3) is 0 Å². The van der Waals surface area contributed by atoms with Crippen LogP contribution in [-0.4, -0.2) is 26.1 Å². The number of hydrogen-bond donors (Lipinski definition) is 0. The zero-order chi connectivity index (χ0) is 10.5. The van der Waals surface area contributed by atoms with Crippen molar-refractivity contribution in [1.29, 1.82) is 0 Å². The third kappa shape index (κ3) is 2.56. The van der Waals surface area contributed by atoms with Gasteiger partial charge in [0.2, 0.25) is 0 Å². The first kappa shape index (κ1) is 10.6. The SMILES string of the molecule is CCOC1OCCO[C]1c1ccccc1. The lowest BCUT2D eigenvalue weighted by Crippen LogP contribution is -2.35. The van der Waals surface area contributed by atoms with Crippen molar-refractivity contribution in [3.63, 3.8) is 0 Å². The third-order valence-electron chi connectivity index (χ3n) is 2.20. The second-order valence-corrected chi connectivity index (χ2v) is 3.24. The van der Waals surface area contributed by atoms with Gasteiger partial charge >= 0.3 is 0 Å². The molecule has 15 heavy (non-hydrogen) atoms. The third-order valence-corrected chi connectivity index (χ3v) is 2.20. The maximum absolute atomic E-state index is 5.60. The maximum Gasteiger partial charge on any atom is 0.194 e. The molecule has 0 bridgehead atoms. The minimum atomic E-state index is -0.355. The van der Waals surface area contributed by atoms with Crippen molar-refractivity contribution in [2.45, 2.75) is 13.2 Å². The summed E-state index contributed by atoms with van der Waals surface area (Å²) in [5.41, 5.74) is 1.02. The van der Waals surface area contributed by atoms with E-state index in [-0.39, 0.29) is 6.29 Å². The molecule has 3 nitrogen and oxygen atoms in total. The van der Waals surface area contributed by atoms with Gasteiger partial charge in [0, 0.05) is 6.61 Å². The van der Waals surface area contributed by atoms with Crippen LogP contribution < -0.4 is 0 Å². The lowest BCUT2D eigenvalue weighted by atomic mass is 10.1. The first-order valence-corrected chi connectivity index (χ1v) is 5.20. The van der Waals surface area contributed by atoms with Crippen molar-refractivity contribution in [2.75, 3.05) is 19.8 Å². The zero-order valence-electron chi connectivity index (χ0n) is 8.81. The molecule has 0 N–H and O–H groups in total. The topological polar surface area (TPSA) is 27.7 Å². The molecule has 1 aliphatic heterocycles. The fourth-order valence-corrected chi connectivity index (χ4v) is 1.55. The summed E-state index contributed by atoms with van der Waals surface area (Å²) in [5, 5.41) is 0. The molecule has 0 amide bonds. The molecule has 1 aromatic rings. The first-order valence-electron chi connectivity index (χ1n) is 5.20. The van der Waals surface area contributed by atoms with Crippen molar-refractivity contribution < 1.29 is 14.2 Å². The highest BCUT2D eigenvalue weighted by atomic mass is 16.7. The summed E-state index contributed by atoms with van der Waals surface area (Å²) in [6.45, 7) is 3.74. The smallest absolute Gasteiger partial charge is 0.194 e. The molecule has 0 aromatic heterocycles. The Labute approximate surface area is 90.0 Å². The standard InChI is InChI=1S/C12H15O3/c1-2-13-12-11(14-8-9-15-12)10-6-4-3-5-7-10/h3-7,12H,2,8-9H2,1H3. The number of ether oxygens (including phenoxy) is 3. The normalized spacial score (nSPS) is 22.9. The predicted molar refractivity (Wildman–Crippen MR) is 56.1 cm³/mol. The summed E-state index contributed by atoms with van der Waals surface area (Å²) in [4.78, 5) is 0. The Morgan fingerprint density at radius 2 is 2.07 bits per heavy atom. The van der Waals surface area contributed by atoms with Crippen LogP contribution in [0.5, 0.6) is 0 Å². The van der Waals surface area contributed by atoms with Crippen LogP contribution in [0.3, 0.4) is 0 Å². The molecule has 1 aliphatic rings. The molecule has 1 fully saturated rings. The highest BCUT2D eigenvalue weighted by Gasteiger charge is 2.30. The first-order chi connectivity index (χ1) is 7.42. The van der Waals surface area contributed by atoms with Crippen LogP contribution in [0.4, 0.5) is 0 Å². The Bertz CT molecular complexity index is 284. The van der Waals surface area contributed by atoms with Gasteiger partial charge in [-0.15, -0.1) is 0 Å². The largest absolute Gasteiger partial charge is 0.359 e. The molecule has 2 rings (SSSR count). The molecular weight excluding hydrogens is 192 g/mol. The van der Waals surface area contributed by atoms with Crippen LogP contribution in [0.1, 0.15) is 12.5 Å². The summed E-state index contributed by atoms with van der Waals surface area (Å²) in [7, 11) is 0.